The predicted octanol–water partition coefficient (Wildman–Crippen LogP) is 3.39. The highest BCUT2D eigenvalue weighted by Gasteiger charge is 2.13. The van der Waals surface area contributed by atoms with E-state index in [2.05, 4.69) is 10.6 Å². The first-order valence-corrected chi connectivity index (χ1v) is 6.15. The van der Waals surface area contributed by atoms with Crippen LogP contribution in [0, 0.1) is 15.9 Å². The molecule has 0 heterocycles. The Hall–Kier alpha value is -3.16. The number of nitrogens with one attached hydrogen (secondary N) is 2. The third-order valence-electron chi connectivity index (χ3n) is 2.74. The van der Waals surface area contributed by atoms with Crippen LogP contribution in [0.4, 0.5) is 26.2 Å². The summed E-state index contributed by atoms with van der Waals surface area (Å²) in [7, 11) is 1.38. The lowest BCUT2D eigenvalue weighted by Gasteiger charge is -2.11. The summed E-state index contributed by atoms with van der Waals surface area (Å²) in [4.78, 5) is 22.1. The topological polar surface area (TPSA) is 93.5 Å². The van der Waals surface area contributed by atoms with Crippen LogP contribution in [-0.2, 0) is 0 Å². The molecular weight excluding hydrogens is 293 g/mol. The Labute approximate surface area is 124 Å². The van der Waals surface area contributed by atoms with E-state index in [9.17, 15) is 19.3 Å². The van der Waals surface area contributed by atoms with Crippen LogP contribution in [0.5, 0.6) is 5.75 Å². The molecule has 0 spiro atoms. The minimum Gasteiger partial charge on any atom is -0.495 e. The van der Waals surface area contributed by atoms with E-state index >= 15 is 0 Å². The first-order chi connectivity index (χ1) is 10.5. The van der Waals surface area contributed by atoms with E-state index in [0.29, 0.717) is 5.69 Å². The van der Waals surface area contributed by atoms with Gasteiger partial charge in [-0.05, 0) is 30.3 Å². The smallest absolute Gasteiger partial charge is 0.323 e. The molecule has 0 aromatic heterocycles. The molecule has 2 rings (SSSR count). The zero-order chi connectivity index (χ0) is 16.1. The fraction of sp³-hybridized carbons (Fsp3) is 0.0714. The maximum atomic E-state index is 12.8. The van der Waals surface area contributed by atoms with E-state index in [1.165, 1.54) is 49.6 Å². The molecule has 0 aliphatic heterocycles. The number of carbonyl (C=O) groups excluding carboxylic acids is 1. The van der Waals surface area contributed by atoms with E-state index < -0.39 is 16.8 Å². The number of nitrogens with zero attached hydrogens (tertiary/aromatic N) is 1. The molecule has 2 aromatic rings. The monoisotopic (exact) mass is 305 g/mol. The van der Waals surface area contributed by atoms with E-state index in [-0.39, 0.29) is 17.1 Å². The first-order valence-electron chi connectivity index (χ1n) is 6.15. The summed E-state index contributed by atoms with van der Waals surface area (Å²) in [5.41, 5.74) is 0.345. The number of rotatable bonds is 4. The molecule has 0 bridgehead atoms. The summed E-state index contributed by atoms with van der Waals surface area (Å²) in [6, 6.07) is 8.37. The maximum absolute atomic E-state index is 12.8. The van der Waals surface area contributed by atoms with Gasteiger partial charge in [0, 0.05) is 17.8 Å². The number of hydrogen-bond donors (Lipinski definition) is 2. The molecule has 0 fully saturated rings. The number of ether oxygens (including phenoxy) is 1. The second kappa shape index (κ2) is 6.53. The SMILES string of the molecule is COc1ccc([N+](=O)[O-])cc1NC(=O)Nc1ccc(F)cc1. The van der Waals surface area contributed by atoms with Crippen molar-refractivity contribution in [3.05, 3.63) is 58.4 Å². The second-order valence-corrected chi connectivity index (χ2v) is 4.23. The van der Waals surface area contributed by atoms with Gasteiger partial charge in [0.2, 0.25) is 0 Å². The Balaban J connectivity index is 2.14. The van der Waals surface area contributed by atoms with Gasteiger partial charge in [-0.15, -0.1) is 0 Å². The number of anilines is 2. The number of nitro benzene ring substituents is 1. The number of methoxy groups -OCH3 is 1. The molecule has 2 aromatic carbocycles. The van der Waals surface area contributed by atoms with Crippen LogP contribution in [0.25, 0.3) is 0 Å². The summed E-state index contributed by atoms with van der Waals surface area (Å²) in [6.07, 6.45) is 0. The number of hydrogen-bond acceptors (Lipinski definition) is 4. The van der Waals surface area contributed by atoms with Gasteiger partial charge < -0.3 is 15.4 Å². The lowest BCUT2D eigenvalue weighted by atomic mass is 10.2. The van der Waals surface area contributed by atoms with Crippen molar-refractivity contribution in [2.24, 2.45) is 0 Å². The summed E-state index contributed by atoms with van der Waals surface area (Å²) < 4.78 is 17.8. The highest BCUT2D eigenvalue weighted by molar-refractivity contribution is 6.00. The van der Waals surface area contributed by atoms with Crippen molar-refractivity contribution in [2.75, 3.05) is 17.7 Å². The average molecular weight is 305 g/mol. The van der Waals surface area contributed by atoms with Gasteiger partial charge in [0.05, 0.1) is 17.7 Å². The van der Waals surface area contributed by atoms with Gasteiger partial charge in [0.15, 0.2) is 0 Å². The van der Waals surface area contributed by atoms with Crippen molar-refractivity contribution in [2.45, 2.75) is 0 Å². The molecule has 0 aliphatic rings. The minimum atomic E-state index is -0.634. The molecule has 22 heavy (non-hydrogen) atoms. The Morgan fingerprint density at radius 3 is 2.45 bits per heavy atom. The Morgan fingerprint density at radius 1 is 1.18 bits per heavy atom. The van der Waals surface area contributed by atoms with Crippen LogP contribution in [0.2, 0.25) is 0 Å². The third-order valence-corrected chi connectivity index (χ3v) is 2.74. The van der Waals surface area contributed by atoms with Gasteiger partial charge in [-0.2, -0.15) is 0 Å². The average Bonchev–Trinajstić information content (AvgIpc) is 2.49. The fourth-order valence-electron chi connectivity index (χ4n) is 1.73. The zero-order valence-corrected chi connectivity index (χ0v) is 11.5. The third kappa shape index (κ3) is 3.69. The van der Waals surface area contributed by atoms with Crippen LogP contribution in [-0.4, -0.2) is 18.1 Å². The molecule has 8 heteroatoms. The normalized spacial score (nSPS) is 9.91. The molecule has 0 radical (unpaired) electrons. The number of halogens is 1. The van der Waals surface area contributed by atoms with Gasteiger partial charge in [-0.1, -0.05) is 0 Å². The zero-order valence-electron chi connectivity index (χ0n) is 11.5. The molecule has 0 atom stereocenters. The quantitative estimate of drug-likeness (QED) is 0.668. The minimum absolute atomic E-state index is 0.149. The lowest BCUT2D eigenvalue weighted by Crippen LogP contribution is -2.19. The molecule has 7 nitrogen and oxygen atoms in total. The molecule has 0 unspecified atom stereocenters. The number of carbonyl (C=O) groups is 1. The lowest BCUT2D eigenvalue weighted by molar-refractivity contribution is -0.384. The molecule has 114 valence electrons. The van der Waals surface area contributed by atoms with Gasteiger partial charge >= 0.3 is 6.03 Å². The summed E-state index contributed by atoms with van der Waals surface area (Å²) in [6.45, 7) is 0. The second-order valence-electron chi connectivity index (χ2n) is 4.23. The molecule has 0 saturated carbocycles. The molecule has 2 amide bonds. The van der Waals surface area contributed by atoms with Crippen LogP contribution in [0.1, 0.15) is 0 Å². The largest absolute Gasteiger partial charge is 0.495 e. The summed E-state index contributed by atoms with van der Waals surface area (Å²) in [5.74, 6) is -0.147. The highest BCUT2D eigenvalue weighted by Crippen LogP contribution is 2.28. The number of non-ortho nitro benzene ring substituents is 1. The van der Waals surface area contributed by atoms with Crippen molar-refractivity contribution < 1.29 is 18.8 Å². The number of benzene rings is 2. The van der Waals surface area contributed by atoms with Crippen molar-refractivity contribution in [1.29, 1.82) is 0 Å². The van der Waals surface area contributed by atoms with Crippen molar-refractivity contribution in [3.8, 4) is 5.75 Å². The number of urea groups is 1. The standard InChI is InChI=1S/C14H12FN3O4/c1-22-13-7-6-11(18(20)21)8-12(13)17-14(19)16-10-4-2-9(15)3-5-10/h2-8H,1H3,(H2,16,17,19). The number of amides is 2. The van der Waals surface area contributed by atoms with Gasteiger partial charge in [0.1, 0.15) is 11.6 Å². The van der Waals surface area contributed by atoms with Crippen LogP contribution >= 0.6 is 0 Å². The van der Waals surface area contributed by atoms with Gasteiger partial charge in [0.25, 0.3) is 5.69 Å². The summed E-state index contributed by atoms with van der Waals surface area (Å²) in [5, 5.41) is 15.7. The molecule has 0 aliphatic carbocycles. The predicted molar refractivity (Wildman–Crippen MR) is 78.7 cm³/mol. The summed E-state index contributed by atoms with van der Waals surface area (Å²) >= 11 is 0. The van der Waals surface area contributed by atoms with E-state index in [1.54, 1.807) is 0 Å². The van der Waals surface area contributed by atoms with E-state index in [1.807, 2.05) is 0 Å². The Bertz CT molecular complexity index is 704. The van der Waals surface area contributed by atoms with E-state index in [0.717, 1.165) is 0 Å². The number of nitro groups is 1. The van der Waals surface area contributed by atoms with Crippen molar-refractivity contribution in [1.82, 2.24) is 0 Å². The van der Waals surface area contributed by atoms with Crippen molar-refractivity contribution in [3.63, 3.8) is 0 Å². The molecular formula is C14H12FN3O4. The van der Waals surface area contributed by atoms with Crippen molar-refractivity contribution >= 4 is 23.1 Å². The molecule has 0 saturated heterocycles. The highest BCUT2D eigenvalue weighted by atomic mass is 19.1. The van der Waals surface area contributed by atoms with Crippen LogP contribution in [0.15, 0.2) is 42.5 Å². The molecule has 2 N–H and O–H groups in total. The first kappa shape index (κ1) is 15.2. The Morgan fingerprint density at radius 2 is 1.86 bits per heavy atom. The fourth-order valence-corrected chi connectivity index (χ4v) is 1.73. The van der Waals surface area contributed by atoms with Crippen LogP contribution in [0.3, 0.4) is 0 Å². The Kier molecular flexibility index (Phi) is 4.52. The maximum Gasteiger partial charge on any atom is 0.323 e. The van der Waals surface area contributed by atoms with Crippen LogP contribution < -0.4 is 15.4 Å². The van der Waals surface area contributed by atoms with Gasteiger partial charge in [-0.3, -0.25) is 10.1 Å². The van der Waals surface area contributed by atoms with Gasteiger partial charge in [-0.25, -0.2) is 9.18 Å². The van der Waals surface area contributed by atoms with E-state index in [4.69, 9.17) is 4.74 Å².